The van der Waals surface area contributed by atoms with E-state index in [1.165, 1.54) is 11.3 Å². The predicted octanol–water partition coefficient (Wildman–Crippen LogP) is 4.48. The van der Waals surface area contributed by atoms with Gasteiger partial charge in [-0.05, 0) is 30.7 Å². The third-order valence-corrected chi connectivity index (χ3v) is 5.05. The van der Waals surface area contributed by atoms with E-state index in [1.54, 1.807) is 17.1 Å². The molecule has 0 aliphatic heterocycles. The number of para-hydroxylation sites is 1. The van der Waals surface area contributed by atoms with Crippen LogP contribution in [0.5, 0.6) is 0 Å². The van der Waals surface area contributed by atoms with Crippen LogP contribution in [0.3, 0.4) is 0 Å². The van der Waals surface area contributed by atoms with Gasteiger partial charge in [-0.3, -0.25) is 9.59 Å². The third kappa shape index (κ3) is 4.43. The van der Waals surface area contributed by atoms with Crippen LogP contribution in [0, 0.1) is 12.3 Å². The number of hydrogen-bond donors (Lipinski definition) is 2. The summed E-state index contributed by atoms with van der Waals surface area (Å²) < 4.78 is 1.70. The van der Waals surface area contributed by atoms with Gasteiger partial charge >= 0.3 is 0 Å². The number of hydrogen-bond acceptors (Lipinski definition) is 4. The standard InChI is InChI=1S/C20H22N4O2S/c1-13-10-16(23-19(26)20(2,3)4)27-17(13)18(25)22-14-11-21-24(12-14)15-8-6-5-7-9-15/h5-12H,1-4H3,(H,22,25)(H,23,26). The molecule has 0 aliphatic carbocycles. The Balaban J connectivity index is 1.72. The van der Waals surface area contributed by atoms with E-state index in [2.05, 4.69) is 15.7 Å². The largest absolute Gasteiger partial charge is 0.319 e. The average molecular weight is 382 g/mol. The summed E-state index contributed by atoms with van der Waals surface area (Å²) >= 11 is 1.26. The number of amides is 2. The lowest BCUT2D eigenvalue weighted by Gasteiger charge is -2.16. The summed E-state index contributed by atoms with van der Waals surface area (Å²) in [5, 5.41) is 10.7. The summed E-state index contributed by atoms with van der Waals surface area (Å²) in [4.78, 5) is 25.3. The maximum absolute atomic E-state index is 12.6. The highest BCUT2D eigenvalue weighted by Crippen LogP contribution is 2.29. The number of aryl methyl sites for hydroxylation is 1. The van der Waals surface area contributed by atoms with Gasteiger partial charge in [0, 0.05) is 5.41 Å². The predicted molar refractivity (Wildman–Crippen MR) is 109 cm³/mol. The molecular weight excluding hydrogens is 360 g/mol. The molecule has 2 aromatic heterocycles. The van der Waals surface area contributed by atoms with Crippen LogP contribution in [0.1, 0.15) is 36.0 Å². The van der Waals surface area contributed by atoms with E-state index < -0.39 is 5.41 Å². The minimum Gasteiger partial charge on any atom is -0.319 e. The molecule has 7 heteroatoms. The molecule has 27 heavy (non-hydrogen) atoms. The van der Waals surface area contributed by atoms with Crippen molar-refractivity contribution in [3.8, 4) is 5.69 Å². The van der Waals surface area contributed by atoms with Crippen molar-refractivity contribution in [3.63, 3.8) is 0 Å². The van der Waals surface area contributed by atoms with Gasteiger partial charge in [-0.15, -0.1) is 11.3 Å². The van der Waals surface area contributed by atoms with Crippen LogP contribution in [0.15, 0.2) is 48.8 Å². The maximum Gasteiger partial charge on any atom is 0.266 e. The molecule has 0 unspecified atom stereocenters. The van der Waals surface area contributed by atoms with Crippen LogP contribution in [0.4, 0.5) is 10.7 Å². The molecule has 0 fully saturated rings. The first-order chi connectivity index (χ1) is 12.7. The molecule has 3 rings (SSSR count). The number of benzene rings is 1. The monoisotopic (exact) mass is 382 g/mol. The van der Waals surface area contributed by atoms with Crippen LogP contribution in [0.25, 0.3) is 5.69 Å². The topological polar surface area (TPSA) is 76.0 Å². The van der Waals surface area contributed by atoms with E-state index in [1.807, 2.05) is 64.1 Å². The van der Waals surface area contributed by atoms with E-state index in [0.29, 0.717) is 15.6 Å². The minimum atomic E-state index is -0.494. The van der Waals surface area contributed by atoms with Crippen LogP contribution in [-0.2, 0) is 4.79 Å². The van der Waals surface area contributed by atoms with Crippen molar-refractivity contribution in [2.75, 3.05) is 10.6 Å². The molecule has 140 valence electrons. The second-order valence-electron chi connectivity index (χ2n) is 7.29. The minimum absolute atomic E-state index is 0.0835. The van der Waals surface area contributed by atoms with Crippen LogP contribution < -0.4 is 10.6 Å². The van der Waals surface area contributed by atoms with E-state index >= 15 is 0 Å². The smallest absolute Gasteiger partial charge is 0.266 e. The second-order valence-corrected chi connectivity index (χ2v) is 8.34. The Morgan fingerprint density at radius 3 is 2.48 bits per heavy atom. The van der Waals surface area contributed by atoms with Gasteiger partial charge in [-0.2, -0.15) is 5.10 Å². The molecule has 0 bridgehead atoms. The second kappa shape index (κ2) is 7.36. The molecule has 0 atom stereocenters. The van der Waals surface area contributed by atoms with Gasteiger partial charge in [0.25, 0.3) is 5.91 Å². The molecule has 2 N–H and O–H groups in total. The molecule has 3 aromatic rings. The Morgan fingerprint density at radius 1 is 1.11 bits per heavy atom. The number of nitrogens with one attached hydrogen (secondary N) is 2. The maximum atomic E-state index is 12.6. The van der Waals surface area contributed by atoms with Crippen molar-refractivity contribution in [2.45, 2.75) is 27.7 Å². The van der Waals surface area contributed by atoms with E-state index in [4.69, 9.17) is 0 Å². The fourth-order valence-electron chi connectivity index (χ4n) is 2.37. The summed E-state index contributed by atoms with van der Waals surface area (Å²) in [6.07, 6.45) is 3.37. The quantitative estimate of drug-likeness (QED) is 0.698. The summed E-state index contributed by atoms with van der Waals surface area (Å²) in [5.74, 6) is -0.304. The number of thiophene rings is 1. The molecule has 0 radical (unpaired) electrons. The zero-order valence-corrected chi connectivity index (χ0v) is 16.6. The Bertz CT molecular complexity index is 968. The van der Waals surface area contributed by atoms with E-state index in [-0.39, 0.29) is 11.8 Å². The Hall–Kier alpha value is -2.93. The van der Waals surface area contributed by atoms with Gasteiger partial charge in [0.1, 0.15) is 0 Å². The number of carbonyl (C=O) groups excluding carboxylic acids is 2. The zero-order chi connectivity index (χ0) is 19.6. The van der Waals surface area contributed by atoms with Crippen LogP contribution >= 0.6 is 11.3 Å². The number of carbonyl (C=O) groups is 2. The number of anilines is 2. The summed E-state index contributed by atoms with van der Waals surface area (Å²) in [5.41, 5.74) is 1.85. The highest BCUT2D eigenvalue weighted by Gasteiger charge is 2.23. The van der Waals surface area contributed by atoms with Gasteiger partial charge in [-0.1, -0.05) is 39.0 Å². The Labute approximate surface area is 162 Å². The molecule has 0 saturated heterocycles. The molecule has 0 aliphatic rings. The fraction of sp³-hybridized carbons (Fsp3) is 0.250. The van der Waals surface area contributed by atoms with Gasteiger partial charge in [0.05, 0.1) is 33.6 Å². The lowest BCUT2D eigenvalue weighted by molar-refractivity contribution is -0.123. The fourth-order valence-corrected chi connectivity index (χ4v) is 3.33. The number of nitrogens with zero attached hydrogens (tertiary/aromatic N) is 2. The summed E-state index contributed by atoms with van der Waals surface area (Å²) in [6.45, 7) is 7.40. The van der Waals surface area contributed by atoms with Crippen molar-refractivity contribution in [1.82, 2.24) is 9.78 Å². The summed E-state index contributed by atoms with van der Waals surface area (Å²) in [7, 11) is 0. The summed E-state index contributed by atoms with van der Waals surface area (Å²) in [6, 6.07) is 11.5. The highest BCUT2D eigenvalue weighted by molar-refractivity contribution is 7.18. The van der Waals surface area contributed by atoms with Crippen molar-refractivity contribution in [1.29, 1.82) is 0 Å². The first kappa shape index (κ1) is 18.8. The van der Waals surface area contributed by atoms with Crippen LogP contribution in [0.2, 0.25) is 0 Å². The normalized spacial score (nSPS) is 11.3. The average Bonchev–Trinajstić information content (AvgIpc) is 3.21. The molecular formula is C20H22N4O2S. The highest BCUT2D eigenvalue weighted by atomic mass is 32.1. The lowest BCUT2D eigenvalue weighted by atomic mass is 9.96. The molecule has 2 amide bonds. The molecule has 1 aromatic carbocycles. The SMILES string of the molecule is Cc1cc(NC(=O)C(C)(C)C)sc1C(=O)Nc1cnn(-c2ccccc2)c1. The first-order valence-electron chi connectivity index (χ1n) is 8.57. The van der Waals surface area contributed by atoms with Crippen molar-refractivity contribution in [3.05, 3.63) is 59.2 Å². The van der Waals surface area contributed by atoms with Gasteiger partial charge < -0.3 is 10.6 Å². The molecule has 6 nitrogen and oxygen atoms in total. The number of rotatable bonds is 4. The lowest BCUT2D eigenvalue weighted by Crippen LogP contribution is -2.27. The van der Waals surface area contributed by atoms with Gasteiger partial charge in [0.15, 0.2) is 0 Å². The first-order valence-corrected chi connectivity index (χ1v) is 9.39. The Kier molecular flexibility index (Phi) is 5.14. The van der Waals surface area contributed by atoms with Gasteiger partial charge in [0.2, 0.25) is 5.91 Å². The van der Waals surface area contributed by atoms with Crippen LogP contribution in [-0.4, -0.2) is 21.6 Å². The zero-order valence-electron chi connectivity index (χ0n) is 15.7. The van der Waals surface area contributed by atoms with Crippen molar-refractivity contribution < 1.29 is 9.59 Å². The van der Waals surface area contributed by atoms with Crippen molar-refractivity contribution in [2.24, 2.45) is 5.41 Å². The van der Waals surface area contributed by atoms with Gasteiger partial charge in [-0.25, -0.2) is 4.68 Å². The van der Waals surface area contributed by atoms with Crippen molar-refractivity contribution >= 4 is 33.8 Å². The molecule has 0 saturated carbocycles. The molecule has 0 spiro atoms. The Morgan fingerprint density at radius 2 is 1.81 bits per heavy atom. The number of aromatic nitrogens is 2. The van der Waals surface area contributed by atoms with E-state index in [9.17, 15) is 9.59 Å². The van der Waals surface area contributed by atoms with E-state index in [0.717, 1.165) is 11.3 Å². The molecule has 2 heterocycles. The third-order valence-electron chi connectivity index (χ3n) is 3.90.